The smallest absolute Gasteiger partial charge is 0.241 e. The summed E-state index contributed by atoms with van der Waals surface area (Å²) in [6, 6.07) is 4.78. The molecule has 0 saturated heterocycles. The predicted molar refractivity (Wildman–Crippen MR) is 75.2 cm³/mol. The van der Waals surface area contributed by atoms with E-state index in [0.29, 0.717) is 23.0 Å². The Morgan fingerprint density at radius 3 is 2.71 bits per heavy atom. The molecule has 17 heavy (non-hydrogen) atoms. The van der Waals surface area contributed by atoms with Crippen molar-refractivity contribution in [2.75, 3.05) is 5.32 Å². The van der Waals surface area contributed by atoms with Crippen molar-refractivity contribution in [2.24, 2.45) is 11.7 Å². The third kappa shape index (κ3) is 4.66. The van der Waals surface area contributed by atoms with Gasteiger partial charge in [-0.1, -0.05) is 41.4 Å². The maximum absolute atomic E-state index is 11.8. The van der Waals surface area contributed by atoms with E-state index < -0.39 is 6.04 Å². The Labute approximate surface area is 115 Å². The highest BCUT2D eigenvalue weighted by Gasteiger charge is 2.16. The lowest BCUT2D eigenvalue weighted by Crippen LogP contribution is -2.36. The summed E-state index contributed by atoms with van der Waals surface area (Å²) < 4.78 is 0.868. The van der Waals surface area contributed by atoms with Crippen LogP contribution in [0.4, 0.5) is 5.69 Å². The fraction of sp³-hybridized carbons (Fsp3) is 0.417. The molecule has 0 saturated carbocycles. The Balaban J connectivity index is 2.67. The summed E-state index contributed by atoms with van der Waals surface area (Å²) in [6.45, 7) is 4.06. The van der Waals surface area contributed by atoms with E-state index in [1.165, 1.54) is 0 Å². The van der Waals surface area contributed by atoms with Gasteiger partial charge in [0.25, 0.3) is 0 Å². The first-order chi connectivity index (χ1) is 7.90. The van der Waals surface area contributed by atoms with Gasteiger partial charge in [-0.15, -0.1) is 0 Å². The molecule has 0 aliphatic heterocycles. The Hall–Kier alpha value is -0.580. The number of nitrogens with one attached hydrogen (secondary N) is 1. The molecular formula is C12H16BrClN2O. The van der Waals surface area contributed by atoms with E-state index >= 15 is 0 Å². The van der Waals surface area contributed by atoms with Gasteiger partial charge in [0.2, 0.25) is 5.91 Å². The monoisotopic (exact) mass is 318 g/mol. The number of anilines is 1. The Bertz CT molecular complexity index is 409. The first-order valence-corrected chi connectivity index (χ1v) is 6.58. The van der Waals surface area contributed by atoms with Crippen LogP contribution in [0.3, 0.4) is 0 Å². The average Bonchev–Trinajstić information content (AvgIpc) is 2.21. The number of halogens is 2. The van der Waals surface area contributed by atoms with Gasteiger partial charge in [-0.05, 0) is 30.5 Å². The molecule has 0 radical (unpaired) electrons. The number of benzene rings is 1. The molecule has 0 aromatic heterocycles. The molecule has 94 valence electrons. The highest BCUT2D eigenvalue weighted by molar-refractivity contribution is 9.10. The number of carbonyl (C=O) groups excluding carboxylic acids is 1. The zero-order chi connectivity index (χ0) is 13.0. The lowest BCUT2D eigenvalue weighted by Gasteiger charge is -2.14. The van der Waals surface area contributed by atoms with E-state index in [9.17, 15) is 4.79 Å². The van der Waals surface area contributed by atoms with Crippen LogP contribution >= 0.6 is 27.5 Å². The molecule has 3 N–H and O–H groups in total. The van der Waals surface area contributed by atoms with E-state index in [2.05, 4.69) is 21.2 Å². The van der Waals surface area contributed by atoms with Crippen molar-refractivity contribution in [2.45, 2.75) is 26.3 Å². The highest BCUT2D eigenvalue weighted by atomic mass is 79.9. The van der Waals surface area contributed by atoms with Crippen LogP contribution in [-0.4, -0.2) is 11.9 Å². The van der Waals surface area contributed by atoms with Crippen LogP contribution in [0.5, 0.6) is 0 Å². The van der Waals surface area contributed by atoms with Crippen molar-refractivity contribution < 1.29 is 4.79 Å². The van der Waals surface area contributed by atoms with Crippen LogP contribution in [0, 0.1) is 5.92 Å². The number of hydrogen-bond acceptors (Lipinski definition) is 2. The third-order valence-electron chi connectivity index (χ3n) is 2.25. The third-order valence-corrected chi connectivity index (χ3v) is 3.06. The lowest BCUT2D eigenvalue weighted by atomic mass is 10.0. The summed E-state index contributed by atoms with van der Waals surface area (Å²) in [5, 5.41) is 3.22. The van der Waals surface area contributed by atoms with Crippen LogP contribution in [-0.2, 0) is 4.79 Å². The Kier molecular flexibility index (Phi) is 5.43. The van der Waals surface area contributed by atoms with Gasteiger partial charge in [-0.3, -0.25) is 4.79 Å². The first kappa shape index (κ1) is 14.5. The Morgan fingerprint density at radius 1 is 1.53 bits per heavy atom. The number of hydrogen-bond donors (Lipinski definition) is 2. The van der Waals surface area contributed by atoms with Crippen molar-refractivity contribution in [1.82, 2.24) is 0 Å². The molecule has 0 heterocycles. The molecule has 0 fully saturated rings. The average molecular weight is 320 g/mol. The van der Waals surface area contributed by atoms with Crippen molar-refractivity contribution in [3.8, 4) is 0 Å². The maximum Gasteiger partial charge on any atom is 0.241 e. The quantitative estimate of drug-likeness (QED) is 0.893. The van der Waals surface area contributed by atoms with Crippen LogP contribution < -0.4 is 11.1 Å². The summed E-state index contributed by atoms with van der Waals surface area (Å²) in [6.07, 6.45) is 0.653. The second kappa shape index (κ2) is 6.38. The summed E-state index contributed by atoms with van der Waals surface area (Å²) in [5.74, 6) is 0.180. The molecule has 1 atom stereocenters. The van der Waals surface area contributed by atoms with Crippen molar-refractivity contribution in [3.63, 3.8) is 0 Å². The van der Waals surface area contributed by atoms with Crippen molar-refractivity contribution >= 4 is 39.1 Å². The van der Waals surface area contributed by atoms with Gasteiger partial charge >= 0.3 is 0 Å². The van der Waals surface area contributed by atoms with Gasteiger partial charge in [-0.25, -0.2) is 0 Å². The fourth-order valence-corrected chi connectivity index (χ4v) is 2.15. The van der Waals surface area contributed by atoms with Gasteiger partial charge in [-0.2, -0.15) is 0 Å². The zero-order valence-electron chi connectivity index (χ0n) is 9.84. The van der Waals surface area contributed by atoms with E-state index in [4.69, 9.17) is 17.3 Å². The molecule has 1 aromatic rings. The van der Waals surface area contributed by atoms with Crippen LogP contribution in [0.1, 0.15) is 20.3 Å². The summed E-state index contributed by atoms with van der Waals surface area (Å²) >= 11 is 9.30. The topological polar surface area (TPSA) is 55.1 Å². The molecule has 0 unspecified atom stereocenters. The van der Waals surface area contributed by atoms with Gasteiger partial charge in [0.15, 0.2) is 0 Å². The summed E-state index contributed by atoms with van der Waals surface area (Å²) in [4.78, 5) is 11.8. The molecule has 0 aliphatic rings. The largest absolute Gasteiger partial charge is 0.323 e. The van der Waals surface area contributed by atoms with Gasteiger partial charge in [0, 0.05) is 4.47 Å². The van der Waals surface area contributed by atoms with E-state index in [1.807, 2.05) is 19.9 Å². The maximum atomic E-state index is 11.8. The first-order valence-electron chi connectivity index (χ1n) is 5.41. The highest BCUT2D eigenvalue weighted by Crippen LogP contribution is 2.25. The van der Waals surface area contributed by atoms with E-state index in [-0.39, 0.29) is 5.91 Å². The molecular weight excluding hydrogens is 304 g/mol. The fourth-order valence-electron chi connectivity index (χ4n) is 1.43. The molecule has 3 nitrogen and oxygen atoms in total. The molecule has 1 aromatic carbocycles. The van der Waals surface area contributed by atoms with Crippen molar-refractivity contribution in [3.05, 3.63) is 27.7 Å². The number of nitrogens with two attached hydrogens (primary N) is 1. The van der Waals surface area contributed by atoms with Crippen LogP contribution in [0.25, 0.3) is 0 Å². The van der Waals surface area contributed by atoms with Crippen molar-refractivity contribution in [1.29, 1.82) is 0 Å². The van der Waals surface area contributed by atoms with Crippen LogP contribution in [0.2, 0.25) is 5.02 Å². The number of rotatable bonds is 4. The minimum absolute atomic E-state index is 0.206. The van der Waals surface area contributed by atoms with Gasteiger partial charge in [0.1, 0.15) is 0 Å². The second-order valence-corrected chi connectivity index (χ2v) is 5.67. The number of carbonyl (C=O) groups is 1. The molecule has 0 aliphatic carbocycles. The summed E-state index contributed by atoms with van der Waals surface area (Å²) in [5.41, 5.74) is 6.36. The van der Waals surface area contributed by atoms with Gasteiger partial charge in [0.05, 0.1) is 16.8 Å². The second-order valence-electron chi connectivity index (χ2n) is 4.35. The lowest BCUT2D eigenvalue weighted by molar-refractivity contribution is -0.117. The SMILES string of the molecule is CC(C)C[C@H](N)C(=O)Nc1ccc(Br)cc1Cl. The predicted octanol–water partition coefficient (Wildman–Crippen LogP) is 3.41. The molecule has 1 rings (SSSR count). The molecule has 1 amide bonds. The van der Waals surface area contributed by atoms with Gasteiger partial charge < -0.3 is 11.1 Å². The molecule has 5 heteroatoms. The van der Waals surface area contributed by atoms with E-state index in [0.717, 1.165) is 4.47 Å². The van der Waals surface area contributed by atoms with Crippen LogP contribution in [0.15, 0.2) is 22.7 Å². The molecule has 0 spiro atoms. The minimum Gasteiger partial charge on any atom is -0.323 e. The van der Waals surface area contributed by atoms with E-state index in [1.54, 1.807) is 12.1 Å². The standard InChI is InChI=1S/C12H16BrClN2O/c1-7(2)5-10(15)12(17)16-11-4-3-8(13)6-9(11)14/h3-4,6-7,10H,5,15H2,1-2H3,(H,16,17)/t10-/m0/s1. The summed E-state index contributed by atoms with van der Waals surface area (Å²) in [7, 11) is 0. The Morgan fingerprint density at radius 2 is 2.18 bits per heavy atom. The normalized spacial score (nSPS) is 12.6. The number of amides is 1. The minimum atomic E-state index is -0.505. The zero-order valence-corrected chi connectivity index (χ0v) is 12.2. The molecule has 0 bridgehead atoms.